The molecular weight excluding hydrogens is 695 g/mol. The van der Waals surface area contributed by atoms with Crippen molar-refractivity contribution in [2.24, 2.45) is 0 Å². The molecular formula is C49H29N3S2. The maximum absolute atomic E-state index is 9.40. The van der Waals surface area contributed by atoms with Gasteiger partial charge in [-0.2, -0.15) is 0 Å². The molecule has 0 saturated carbocycles. The number of nitrogens with zero attached hydrogens (tertiary/aromatic N) is 3. The van der Waals surface area contributed by atoms with E-state index in [2.05, 4.69) is 0 Å². The maximum atomic E-state index is 9.40. The van der Waals surface area contributed by atoms with Crippen LogP contribution in [0.2, 0.25) is 0 Å². The van der Waals surface area contributed by atoms with Crippen LogP contribution in [0, 0.1) is 0 Å². The van der Waals surface area contributed by atoms with Crippen LogP contribution in [0.3, 0.4) is 0 Å². The summed E-state index contributed by atoms with van der Waals surface area (Å²) in [6, 6.07) is 21.5. The Kier molecular flexibility index (Phi) is 4.67. The predicted octanol–water partition coefficient (Wildman–Crippen LogP) is 14.1. The van der Waals surface area contributed by atoms with E-state index in [9.17, 15) is 2.74 Å². The van der Waals surface area contributed by atoms with Crippen molar-refractivity contribution in [2.45, 2.75) is 0 Å². The summed E-state index contributed by atoms with van der Waals surface area (Å²) in [5.74, 6) is 0.0348. The monoisotopic (exact) mass is 737 g/mol. The van der Waals surface area contributed by atoms with Crippen LogP contribution in [0.5, 0.6) is 0 Å². The molecule has 3 heterocycles. The van der Waals surface area contributed by atoms with Crippen molar-refractivity contribution in [1.82, 2.24) is 15.0 Å². The lowest BCUT2D eigenvalue weighted by Crippen LogP contribution is -2.01. The van der Waals surface area contributed by atoms with E-state index in [-0.39, 0.29) is 83.2 Å². The molecule has 3 aromatic heterocycles. The summed E-state index contributed by atoms with van der Waals surface area (Å²) < 4.78 is 126. The summed E-state index contributed by atoms with van der Waals surface area (Å²) in [5, 5.41) is 1.92. The average molecular weight is 738 g/mol. The van der Waals surface area contributed by atoms with E-state index in [1.54, 1.807) is 29.5 Å². The Morgan fingerprint density at radius 2 is 1.02 bits per heavy atom. The number of aromatic nitrogens is 3. The van der Waals surface area contributed by atoms with Crippen LogP contribution < -0.4 is 0 Å². The molecule has 0 fully saturated rings. The Hall–Kier alpha value is -6.53. The predicted molar refractivity (Wildman–Crippen MR) is 230 cm³/mol. The lowest BCUT2D eigenvalue weighted by molar-refractivity contribution is 1.08. The van der Waals surface area contributed by atoms with Gasteiger partial charge in [0.1, 0.15) is 0 Å². The molecule has 5 heteroatoms. The van der Waals surface area contributed by atoms with Gasteiger partial charge in [-0.3, -0.25) is 0 Å². The second kappa shape index (κ2) is 12.6. The first-order chi connectivity index (χ1) is 32.5. The highest BCUT2D eigenvalue weighted by atomic mass is 32.1. The van der Waals surface area contributed by atoms with Gasteiger partial charge in [-0.05, 0) is 75.4 Å². The second-order valence-corrected chi connectivity index (χ2v) is 14.6. The highest BCUT2D eigenvalue weighted by Gasteiger charge is 2.19. The zero-order valence-electron chi connectivity index (χ0n) is 41.8. The molecule has 8 aromatic carbocycles. The number of thiophene rings is 2. The third-order valence-electron chi connectivity index (χ3n) is 9.34. The Balaban J connectivity index is 1.27. The number of rotatable bonds is 5. The van der Waals surface area contributed by atoms with E-state index in [0.29, 0.717) is 22.3 Å². The molecule has 0 spiro atoms. The van der Waals surface area contributed by atoms with Crippen LogP contribution in [0.1, 0.15) is 19.2 Å². The number of hydrogen-bond donors (Lipinski definition) is 0. The Bertz CT molecular complexity index is 4030. The fraction of sp³-hybridized carbons (Fsp3) is 0. The summed E-state index contributed by atoms with van der Waals surface area (Å²) in [5.41, 5.74) is 2.32. The molecule has 0 aliphatic rings. The van der Waals surface area contributed by atoms with Crippen molar-refractivity contribution in [3.05, 3.63) is 176 Å². The molecule has 0 unspecified atom stereocenters. The van der Waals surface area contributed by atoms with Crippen LogP contribution in [0.4, 0.5) is 0 Å². The SMILES string of the molecule is [2H]c1c([2H])c([2H])c2c(sc3c([2H])c([2H])c([2H])c(-c4nc(-c5cc(-c6ccccc6)cc(-c6c([2H])c([2H])c([2H])c7c([2H])c([2H])c([2H])c([2H])c67)c5)nc(-c5ccc6c(c5)sc5ccccc56)n4)c32)c1[2H]. The largest absolute Gasteiger partial charge is 0.208 e. The topological polar surface area (TPSA) is 38.7 Å². The quantitative estimate of drug-likeness (QED) is 0.177. The first-order valence-electron chi connectivity index (χ1n) is 23.9. The van der Waals surface area contributed by atoms with E-state index < -0.39 is 66.5 Å². The van der Waals surface area contributed by atoms with Crippen molar-refractivity contribution >= 4 is 73.8 Å². The molecule has 11 rings (SSSR count). The smallest absolute Gasteiger partial charge is 0.164 e. The van der Waals surface area contributed by atoms with Gasteiger partial charge in [0.05, 0.1) is 19.2 Å². The van der Waals surface area contributed by atoms with Crippen molar-refractivity contribution in [1.29, 1.82) is 0 Å². The summed E-state index contributed by atoms with van der Waals surface area (Å²) in [4.78, 5) is 15.0. The molecule has 0 aliphatic heterocycles. The zero-order valence-corrected chi connectivity index (χ0v) is 29.5. The van der Waals surface area contributed by atoms with Crippen molar-refractivity contribution < 1.29 is 19.2 Å². The van der Waals surface area contributed by atoms with Crippen LogP contribution >= 0.6 is 22.7 Å². The summed E-state index contributed by atoms with van der Waals surface area (Å²) >= 11 is 2.50. The zero-order chi connectivity index (χ0) is 47.8. The first-order valence-corrected chi connectivity index (χ1v) is 18.5. The molecule has 0 atom stereocenters. The molecule has 0 radical (unpaired) electrons. The fourth-order valence-electron chi connectivity index (χ4n) is 6.87. The number of benzene rings is 8. The van der Waals surface area contributed by atoms with Gasteiger partial charge >= 0.3 is 0 Å². The summed E-state index contributed by atoms with van der Waals surface area (Å²) in [6.45, 7) is 0. The highest BCUT2D eigenvalue weighted by molar-refractivity contribution is 7.26. The van der Waals surface area contributed by atoms with Gasteiger partial charge in [0, 0.05) is 57.0 Å². The normalized spacial score (nSPS) is 15.3. The molecule has 0 aliphatic carbocycles. The van der Waals surface area contributed by atoms with E-state index >= 15 is 0 Å². The van der Waals surface area contributed by atoms with Crippen molar-refractivity contribution in [2.75, 3.05) is 0 Å². The van der Waals surface area contributed by atoms with Gasteiger partial charge in [0.2, 0.25) is 0 Å². The van der Waals surface area contributed by atoms with Crippen LogP contribution in [0.15, 0.2) is 176 Å². The maximum Gasteiger partial charge on any atom is 0.164 e. The lowest BCUT2D eigenvalue weighted by atomic mass is 9.93. The van der Waals surface area contributed by atoms with E-state index in [0.717, 1.165) is 31.5 Å². The molecule has 0 bridgehead atoms. The molecule has 0 amide bonds. The molecule has 0 saturated heterocycles. The van der Waals surface area contributed by atoms with Gasteiger partial charge in [-0.15, -0.1) is 22.7 Å². The van der Waals surface area contributed by atoms with E-state index in [1.807, 2.05) is 72.8 Å². The van der Waals surface area contributed by atoms with Crippen LogP contribution in [-0.2, 0) is 0 Å². The van der Waals surface area contributed by atoms with Gasteiger partial charge in [-0.1, -0.05) is 133 Å². The number of fused-ring (bicyclic) bond motifs is 7. The standard InChI is InChI=1S/C49H29N3S2/c1-2-12-30(13-3-1)33-26-34(37-19-10-15-31-14-4-5-16-36(31)37)28-35(27-33)48-50-47(32-24-25-39-38-17-6-8-21-42(38)54-45(39)29-32)51-49(52-48)41-20-11-23-44-46(41)40-18-7-9-22-43(40)53-44/h1-29H/i4D,5D,7D,9D,10D,11D,14D,15D,16D,18D,19D,20D,22D,23D. The van der Waals surface area contributed by atoms with Crippen molar-refractivity contribution in [3.8, 4) is 56.4 Å². The van der Waals surface area contributed by atoms with Crippen molar-refractivity contribution in [3.63, 3.8) is 0 Å². The second-order valence-electron chi connectivity index (χ2n) is 12.5. The third-order valence-corrected chi connectivity index (χ3v) is 11.5. The Labute approximate surface area is 339 Å². The fourth-order valence-corrected chi connectivity index (χ4v) is 8.98. The Morgan fingerprint density at radius 1 is 0.370 bits per heavy atom. The summed E-state index contributed by atoms with van der Waals surface area (Å²) in [7, 11) is 0. The molecule has 252 valence electrons. The molecule has 3 nitrogen and oxygen atoms in total. The first kappa shape index (κ1) is 20.1. The molecule has 11 aromatic rings. The summed E-state index contributed by atoms with van der Waals surface area (Å²) in [6.07, 6.45) is 0. The van der Waals surface area contributed by atoms with Gasteiger partial charge in [0.25, 0.3) is 0 Å². The minimum absolute atomic E-state index is 0.0179. The Morgan fingerprint density at radius 3 is 1.94 bits per heavy atom. The van der Waals surface area contributed by atoms with Gasteiger partial charge < -0.3 is 0 Å². The van der Waals surface area contributed by atoms with Gasteiger partial charge in [-0.25, -0.2) is 15.0 Å². The van der Waals surface area contributed by atoms with Crippen LogP contribution in [-0.4, -0.2) is 15.0 Å². The highest BCUT2D eigenvalue weighted by Crippen LogP contribution is 2.41. The lowest BCUT2D eigenvalue weighted by Gasteiger charge is -2.14. The molecule has 0 N–H and O–H groups in total. The third kappa shape index (κ3) is 5.20. The van der Waals surface area contributed by atoms with E-state index in [4.69, 9.17) is 31.4 Å². The number of hydrogen-bond acceptors (Lipinski definition) is 5. The minimum atomic E-state index is -0.581. The molecule has 54 heavy (non-hydrogen) atoms. The van der Waals surface area contributed by atoms with E-state index in [1.165, 1.54) is 0 Å². The van der Waals surface area contributed by atoms with Crippen LogP contribution in [0.25, 0.3) is 108 Å². The minimum Gasteiger partial charge on any atom is -0.208 e. The van der Waals surface area contributed by atoms with Gasteiger partial charge in [0.15, 0.2) is 17.5 Å². The average Bonchev–Trinajstić information content (AvgIpc) is 3.94.